The fourth-order valence-electron chi connectivity index (χ4n) is 6.76. The normalized spacial score (nSPS) is 13.0. The Labute approximate surface area is 276 Å². The van der Waals surface area contributed by atoms with E-state index in [9.17, 15) is 5.11 Å². The van der Waals surface area contributed by atoms with E-state index in [0.717, 1.165) is 44.3 Å². The Morgan fingerprint density at radius 2 is 1.13 bits per heavy atom. The van der Waals surface area contributed by atoms with Gasteiger partial charge in [-0.15, -0.1) is 0 Å². The van der Waals surface area contributed by atoms with Crippen molar-refractivity contribution < 1.29 is 9.84 Å². The molecule has 0 aliphatic rings. The summed E-state index contributed by atoms with van der Waals surface area (Å²) in [5, 5.41) is 14.7. The molecule has 0 bridgehead atoms. The van der Waals surface area contributed by atoms with Gasteiger partial charge >= 0.3 is 0 Å². The maximum Gasteiger partial charge on any atom is 0.135 e. The molecule has 6 aromatic carbocycles. The van der Waals surface area contributed by atoms with E-state index in [-0.39, 0.29) is 5.92 Å². The van der Waals surface area contributed by atoms with Gasteiger partial charge in [-0.05, 0) is 62.7 Å². The number of aliphatic hydroxyl groups is 1. The summed E-state index contributed by atoms with van der Waals surface area (Å²) >= 11 is 0. The van der Waals surface area contributed by atoms with Crippen LogP contribution in [0.25, 0.3) is 10.8 Å². The van der Waals surface area contributed by atoms with Crippen molar-refractivity contribution in [2.24, 2.45) is 5.92 Å². The van der Waals surface area contributed by atoms with E-state index in [4.69, 9.17) is 9.72 Å². The van der Waals surface area contributed by atoms with Crippen molar-refractivity contribution in [3.05, 3.63) is 204 Å². The van der Waals surface area contributed by atoms with Crippen molar-refractivity contribution in [3.63, 3.8) is 0 Å². The fraction of sp³-hybridized carbons (Fsp3) is 0.140. The number of benzene rings is 6. The molecule has 0 saturated carbocycles. The molecular weight excluding hydrogens is 576 g/mol. The molecule has 1 atom stereocenters. The number of hydrogen-bond acceptors (Lipinski definition) is 3. The highest BCUT2D eigenvalue weighted by atomic mass is 16.5. The summed E-state index contributed by atoms with van der Waals surface area (Å²) in [5.74, 6) is 0.655. The van der Waals surface area contributed by atoms with Crippen molar-refractivity contribution in [3.8, 4) is 5.75 Å². The summed E-state index contributed by atoms with van der Waals surface area (Å²) in [5.41, 5.74) is 3.78. The van der Waals surface area contributed by atoms with E-state index >= 15 is 0 Å². The quantitative estimate of drug-likeness (QED) is 0.156. The Hall–Kier alpha value is -5.45. The molecule has 1 heterocycles. The lowest BCUT2D eigenvalue weighted by atomic mass is 9.76. The zero-order valence-corrected chi connectivity index (χ0v) is 26.7. The standard InChI is InChI=1S/C43H38N2O2/c1-32(2)43(46,39-25-23-35-28-40(26-24-34(35)27-39)47-30-33-15-7-3-8-16-33)41-29-45(31-44-41)42(36-17-9-4-10-18-36,37-19-11-5-12-20-37)38-21-13-6-14-22-38/h3-29,31-32,46H,30H2,1-2H3. The van der Waals surface area contributed by atoms with Gasteiger partial charge in [0.1, 0.15) is 23.5 Å². The van der Waals surface area contributed by atoms with Gasteiger partial charge in [0.25, 0.3) is 0 Å². The predicted molar refractivity (Wildman–Crippen MR) is 189 cm³/mol. The van der Waals surface area contributed by atoms with E-state index in [1.54, 1.807) is 0 Å². The number of aromatic nitrogens is 2. The van der Waals surface area contributed by atoms with Crippen molar-refractivity contribution in [2.45, 2.75) is 31.6 Å². The van der Waals surface area contributed by atoms with E-state index < -0.39 is 11.1 Å². The van der Waals surface area contributed by atoms with Gasteiger partial charge in [-0.3, -0.25) is 0 Å². The van der Waals surface area contributed by atoms with Gasteiger partial charge in [-0.1, -0.05) is 153 Å². The fourth-order valence-corrected chi connectivity index (χ4v) is 6.76. The monoisotopic (exact) mass is 614 g/mol. The van der Waals surface area contributed by atoms with Crippen molar-refractivity contribution in [1.82, 2.24) is 9.55 Å². The second-order valence-electron chi connectivity index (χ2n) is 12.4. The lowest BCUT2D eigenvalue weighted by molar-refractivity contribution is 0.0279. The van der Waals surface area contributed by atoms with Crippen LogP contribution in [0.5, 0.6) is 5.75 Å². The van der Waals surface area contributed by atoms with Crippen LogP contribution < -0.4 is 4.74 Å². The summed E-state index contributed by atoms with van der Waals surface area (Å²) in [6, 6.07) is 54.0. The minimum absolute atomic E-state index is 0.156. The largest absolute Gasteiger partial charge is 0.489 e. The highest BCUT2D eigenvalue weighted by Crippen LogP contribution is 2.43. The lowest BCUT2D eigenvalue weighted by Gasteiger charge is -2.37. The van der Waals surface area contributed by atoms with Crippen LogP contribution >= 0.6 is 0 Å². The van der Waals surface area contributed by atoms with Crippen LogP contribution in [-0.2, 0) is 17.7 Å². The molecule has 1 N–H and O–H groups in total. The Morgan fingerprint density at radius 1 is 0.617 bits per heavy atom. The molecule has 0 aliphatic carbocycles. The molecule has 0 spiro atoms. The summed E-state index contributed by atoms with van der Waals surface area (Å²) in [4.78, 5) is 4.97. The first-order valence-corrected chi connectivity index (χ1v) is 16.1. The maximum atomic E-state index is 12.6. The third-order valence-electron chi connectivity index (χ3n) is 9.27. The molecule has 0 saturated heterocycles. The molecule has 1 aromatic heterocycles. The highest BCUT2D eigenvalue weighted by Gasteiger charge is 2.42. The van der Waals surface area contributed by atoms with Gasteiger partial charge in [0.2, 0.25) is 0 Å². The molecule has 0 radical (unpaired) electrons. The van der Waals surface area contributed by atoms with E-state index in [2.05, 4.69) is 114 Å². The SMILES string of the molecule is CC(C)C(O)(c1ccc2cc(OCc3ccccc3)ccc2c1)c1cn(C(c2ccccc2)(c2ccccc2)c2ccccc2)cn1. The topological polar surface area (TPSA) is 47.3 Å². The summed E-state index contributed by atoms with van der Waals surface area (Å²) in [6.07, 6.45) is 3.89. The number of hydrogen-bond donors (Lipinski definition) is 1. The van der Waals surface area contributed by atoms with Gasteiger partial charge in [0.15, 0.2) is 0 Å². The molecule has 7 aromatic rings. The molecule has 0 aliphatic heterocycles. The number of nitrogens with zero attached hydrogens (tertiary/aromatic N) is 2. The molecular formula is C43H38N2O2. The zero-order valence-electron chi connectivity index (χ0n) is 26.7. The number of imidazole rings is 1. The molecule has 0 fully saturated rings. The Morgan fingerprint density at radius 3 is 1.68 bits per heavy atom. The average molecular weight is 615 g/mol. The number of fused-ring (bicyclic) bond motifs is 1. The third-order valence-corrected chi connectivity index (χ3v) is 9.27. The molecule has 47 heavy (non-hydrogen) atoms. The molecule has 4 nitrogen and oxygen atoms in total. The van der Waals surface area contributed by atoms with Crippen LogP contribution in [0.2, 0.25) is 0 Å². The van der Waals surface area contributed by atoms with Gasteiger partial charge < -0.3 is 14.4 Å². The van der Waals surface area contributed by atoms with Crippen LogP contribution in [-0.4, -0.2) is 14.7 Å². The van der Waals surface area contributed by atoms with E-state index in [1.165, 1.54) is 0 Å². The Kier molecular flexibility index (Phi) is 8.19. The second kappa shape index (κ2) is 12.7. The molecule has 0 amide bonds. The van der Waals surface area contributed by atoms with E-state index in [0.29, 0.717) is 12.3 Å². The smallest absolute Gasteiger partial charge is 0.135 e. The summed E-state index contributed by atoms with van der Waals surface area (Å²) < 4.78 is 8.25. The first-order chi connectivity index (χ1) is 23.0. The lowest BCUT2D eigenvalue weighted by Crippen LogP contribution is -2.37. The molecule has 4 heteroatoms. The van der Waals surface area contributed by atoms with Crippen molar-refractivity contribution in [2.75, 3.05) is 0 Å². The van der Waals surface area contributed by atoms with Crippen LogP contribution in [0.1, 0.15) is 47.4 Å². The van der Waals surface area contributed by atoms with E-state index in [1.807, 2.05) is 74.9 Å². The van der Waals surface area contributed by atoms with Crippen LogP contribution in [0, 0.1) is 5.92 Å². The highest BCUT2D eigenvalue weighted by molar-refractivity contribution is 5.85. The Balaban J connectivity index is 1.31. The van der Waals surface area contributed by atoms with Crippen LogP contribution in [0.4, 0.5) is 0 Å². The maximum absolute atomic E-state index is 12.6. The molecule has 232 valence electrons. The third kappa shape index (κ3) is 5.51. The minimum atomic E-state index is -1.34. The molecule has 1 unspecified atom stereocenters. The number of rotatable bonds is 10. The van der Waals surface area contributed by atoms with Crippen LogP contribution in [0.15, 0.2) is 170 Å². The van der Waals surface area contributed by atoms with Gasteiger partial charge in [0.05, 0.1) is 12.0 Å². The van der Waals surface area contributed by atoms with Gasteiger partial charge in [-0.25, -0.2) is 4.98 Å². The second-order valence-corrected chi connectivity index (χ2v) is 12.4. The van der Waals surface area contributed by atoms with Crippen molar-refractivity contribution in [1.29, 1.82) is 0 Å². The van der Waals surface area contributed by atoms with Crippen molar-refractivity contribution >= 4 is 10.8 Å². The Bertz CT molecular complexity index is 1980. The van der Waals surface area contributed by atoms with Gasteiger partial charge in [-0.2, -0.15) is 0 Å². The minimum Gasteiger partial charge on any atom is -0.489 e. The first kappa shape index (κ1) is 30.2. The van der Waals surface area contributed by atoms with Crippen LogP contribution in [0.3, 0.4) is 0 Å². The number of ether oxygens (including phenoxy) is 1. The van der Waals surface area contributed by atoms with Gasteiger partial charge in [0, 0.05) is 6.20 Å². The summed E-state index contributed by atoms with van der Waals surface area (Å²) in [6.45, 7) is 4.60. The molecule has 7 rings (SSSR count). The zero-order chi connectivity index (χ0) is 32.3. The summed E-state index contributed by atoms with van der Waals surface area (Å²) in [7, 11) is 0. The first-order valence-electron chi connectivity index (χ1n) is 16.1. The average Bonchev–Trinajstić information content (AvgIpc) is 3.63. The predicted octanol–water partition coefficient (Wildman–Crippen LogP) is 9.35.